The van der Waals surface area contributed by atoms with Gasteiger partial charge in [-0.25, -0.2) is 0 Å². The van der Waals surface area contributed by atoms with Gasteiger partial charge in [0.15, 0.2) is 0 Å². The van der Waals surface area contributed by atoms with E-state index < -0.39 is 0 Å². The van der Waals surface area contributed by atoms with Crippen LogP contribution in [0.5, 0.6) is 0 Å². The molecule has 0 aliphatic carbocycles. The van der Waals surface area contributed by atoms with E-state index in [2.05, 4.69) is 0 Å². The van der Waals surface area contributed by atoms with Gasteiger partial charge in [0.1, 0.15) is 0 Å². The molecule has 1 heterocycles. The van der Waals surface area contributed by atoms with Gasteiger partial charge in [-0.1, -0.05) is 0 Å². The summed E-state index contributed by atoms with van der Waals surface area (Å²) in [6.45, 7) is 0. The van der Waals surface area contributed by atoms with Crippen LogP contribution < -0.4 is 4.43 Å². The first kappa shape index (κ1) is 6.09. The third-order valence-corrected chi connectivity index (χ3v) is 1.55. The molecule has 0 spiro atoms. The third kappa shape index (κ3) is 0.882. The van der Waals surface area contributed by atoms with Crippen LogP contribution in [0.4, 0.5) is 0 Å². The average Bonchev–Trinajstić information content (AvgIpc) is 2.27. The summed E-state index contributed by atoms with van der Waals surface area (Å²) in [6.07, 6.45) is 0. The van der Waals surface area contributed by atoms with E-state index in [1.807, 2.05) is 48.0 Å². The van der Waals surface area contributed by atoms with Crippen molar-refractivity contribution in [2.45, 2.75) is 0 Å². The minimum absolute atomic E-state index is 0.972. The van der Waals surface area contributed by atoms with Crippen LogP contribution in [0.2, 0.25) is 0 Å². The summed E-state index contributed by atoms with van der Waals surface area (Å²) < 4.78 is 6.34. The summed E-state index contributed by atoms with van der Waals surface area (Å²) in [5.41, 5.74) is 0.972. The summed E-state index contributed by atoms with van der Waals surface area (Å²) in [7, 11) is 0. The molecule has 1 nitrogen and oxygen atoms in total. The van der Waals surface area contributed by atoms with E-state index in [0.717, 1.165) is 10.0 Å². The van der Waals surface area contributed by atoms with E-state index in [0.29, 0.717) is 0 Å². The summed E-state index contributed by atoms with van der Waals surface area (Å²) in [5.74, 6) is 0. The summed E-state index contributed by atoms with van der Waals surface area (Å²) in [6, 6.07) is 10.0. The van der Waals surface area contributed by atoms with Gasteiger partial charge in [0, 0.05) is 0 Å². The number of hydrogen-bond acceptors (Lipinski definition) is 1. The molecule has 0 fully saturated rings. The Kier molecular flexibility index (Phi) is 1.34. The fraction of sp³-hybridized carbons (Fsp3) is 0. The molecule has 0 aliphatic rings. The Morgan fingerprint density at radius 3 is 2.80 bits per heavy atom. The SMILES string of the molecule is [Li][c]1cc2ccccc2o1. The zero-order valence-electron chi connectivity index (χ0n) is 5.79. The van der Waals surface area contributed by atoms with Crippen molar-refractivity contribution < 1.29 is 4.42 Å². The Morgan fingerprint density at radius 1 is 1.20 bits per heavy atom. The molecule has 10 heavy (non-hydrogen) atoms. The van der Waals surface area contributed by atoms with Crippen molar-refractivity contribution in [2.75, 3.05) is 0 Å². The van der Waals surface area contributed by atoms with E-state index in [1.54, 1.807) is 0 Å². The third-order valence-electron chi connectivity index (χ3n) is 1.55. The zero-order chi connectivity index (χ0) is 6.97. The molecule has 2 heteroatoms. The van der Waals surface area contributed by atoms with Crippen molar-refractivity contribution in [2.24, 2.45) is 0 Å². The van der Waals surface area contributed by atoms with Crippen LogP contribution in [-0.4, -0.2) is 17.7 Å². The maximum absolute atomic E-state index is 5.37. The van der Waals surface area contributed by atoms with Crippen molar-refractivity contribution in [3.05, 3.63) is 30.3 Å². The summed E-state index contributed by atoms with van der Waals surface area (Å²) >= 11 is 1.96. The molecule has 0 saturated carbocycles. The molecule has 0 bridgehead atoms. The van der Waals surface area contributed by atoms with Crippen LogP contribution >= 0.6 is 0 Å². The average molecular weight is 124 g/mol. The second-order valence-corrected chi connectivity index (χ2v) is 2.39. The molecule has 0 N–H and O–H groups in total. The first-order chi connectivity index (χ1) is 4.86. The predicted octanol–water partition coefficient (Wildman–Crippen LogP) is 1.23. The quantitative estimate of drug-likeness (QED) is 0.481. The van der Waals surface area contributed by atoms with Crippen molar-refractivity contribution in [1.29, 1.82) is 0 Å². The van der Waals surface area contributed by atoms with Crippen LogP contribution in [0.3, 0.4) is 0 Å². The van der Waals surface area contributed by atoms with Gasteiger partial charge in [-0.3, -0.25) is 0 Å². The van der Waals surface area contributed by atoms with Crippen molar-refractivity contribution in [3.8, 4) is 0 Å². The molecule has 2 rings (SSSR count). The van der Waals surface area contributed by atoms with E-state index >= 15 is 0 Å². The molecule has 44 valence electrons. The van der Waals surface area contributed by atoms with Crippen LogP contribution in [0.25, 0.3) is 11.0 Å². The normalized spacial score (nSPS) is 10.6. The Labute approximate surface area is 68.2 Å². The molecule has 0 aliphatic heterocycles. The molecular weight excluding hydrogens is 119 g/mol. The van der Waals surface area contributed by atoms with Crippen LogP contribution in [0.15, 0.2) is 34.7 Å². The fourth-order valence-electron chi connectivity index (χ4n) is 1.11. The van der Waals surface area contributed by atoms with Crippen LogP contribution in [0, 0.1) is 0 Å². The number of fused-ring (bicyclic) bond motifs is 1. The number of furan rings is 1. The molecule has 1 aromatic heterocycles. The Bertz CT molecular complexity index is 318. The molecule has 0 atom stereocenters. The summed E-state index contributed by atoms with van der Waals surface area (Å²) in [4.78, 5) is 0. The standard InChI is InChI=1S/C8H5O.Li/c1-2-4-8-7(3-1)5-6-9-8;/h1-5H;. The van der Waals surface area contributed by atoms with Gasteiger partial charge >= 0.3 is 67.9 Å². The number of rotatable bonds is 0. The van der Waals surface area contributed by atoms with Gasteiger partial charge in [-0.2, -0.15) is 0 Å². The number of para-hydroxylation sites is 1. The monoisotopic (exact) mass is 124 g/mol. The van der Waals surface area contributed by atoms with Crippen LogP contribution in [-0.2, 0) is 0 Å². The van der Waals surface area contributed by atoms with E-state index in [9.17, 15) is 0 Å². The predicted molar refractivity (Wildman–Crippen MR) is 41.6 cm³/mol. The topological polar surface area (TPSA) is 13.1 Å². The minimum atomic E-state index is 0.972. The van der Waals surface area contributed by atoms with Gasteiger partial charge in [0.05, 0.1) is 0 Å². The van der Waals surface area contributed by atoms with Gasteiger partial charge in [0.2, 0.25) is 0 Å². The van der Waals surface area contributed by atoms with E-state index in [1.165, 1.54) is 5.39 Å². The van der Waals surface area contributed by atoms with Crippen molar-refractivity contribution in [1.82, 2.24) is 0 Å². The van der Waals surface area contributed by atoms with Gasteiger partial charge in [-0.05, 0) is 0 Å². The maximum atomic E-state index is 5.37. The fourth-order valence-corrected chi connectivity index (χ4v) is 1.11. The van der Waals surface area contributed by atoms with Gasteiger partial charge in [0.25, 0.3) is 0 Å². The summed E-state index contributed by atoms with van der Waals surface area (Å²) in [5, 5.41) is 1.18. The molecule has 0 amide bonds. The van der Waals surface area contributed by atoms with Gasteiger partial charge in [-0.15, -0.1) is 0 Å². The Morgan fingerprint density at radius 2 is 2.00 bits per heavy atom. The molecule has 0 unspecified atom stereocenters. The van der Waals surface area contributed by atoms with E-state index in [-0.39, 0.29) is 0 Å². The van der Waals surface area contributed by atoms with Crippen molar-refractivity contribution in [3.63, 3.8) is 0 Å². The van der Waals surface area contributed by atoms with Crippen LogP contribution in [0.1, 0.15) is 0 Å². The molecule has 0 radical (unpaired) electrons. The molecule has 2 aromatic rings. The van der Waals surface area contributed by atoms with Gasteiger partial charge < -0.3 is 0 Å². The Hall–Kier alpha value is -0.643. The number of benzene rings is 1. The first-order valence-electron chi connectivity index (χ1n) is 3.31. The second kappa shape index (κ2) is 2.19. The first-order valence-corrected chi connectivity index (χ1v) is 3.31. The molecule has 0 saturated heterocycles. The van der Waals surface area contributed by atoms with Crippen molar-refractivity contribution >= 4 is 33.1 Å². The number of hydrogen-bond donors (Lipinski definition) is 0. The molecule has 1 aromatic carbocycles. The second-order valence-electron chi connectivity index (χ2n) is 2.39. The van der Waals surface area contributed by atoms with E-state index in [4.69, 9.17) is 4.42 Å². The zero-order valence-corrected chi connectivity index (χ0v) is 5.79. The molecular formula is C8H5LiO. The Balaban J connectivity index is 2.88.